The highest BCUT2D eigenvalue weighted by atomic mass is 16.7. The second kappa shape index (κ2) is 7.85. The Balaban J connectivity index is 1.47. The maximum atomic E-state index is 13.6. The van der Waals surface area contributed by atoms with E-state index >= 15 is 0 Å². The van der Waals surface area contributed by atoms with Crippen LogP contribution in [-0.4, -0.2) is 51.5 Å². The molecule has 36 heavy (non-hydrogen) atoms. The smallest absolute Gasteiger partial charge is 0.375 e. The molecule has 4 heterocycles. The van der Waals surface area contributed by atoms with Crippen LogP contribution >= 0.6 is 0 Å². The van der Waals surface area contributed by atoms with E-state index in [0.717, 1.165) is 0 Å². The van der Waals surface area contributed by atoms with Crippen LogP contribution in [0.3, 0.4) is 0 Å². The minimum absolute atomic E-state index is 0.0227. The van der Waals surface area contributed by atoms with Gasteiger partial charge in [0.05, 0.1) is 17.8 Å². The zero-order valence-electron chi connectivity index (χ0n) is 18.8. The van der Waals surface area contributed by atoms with Gasteiger partial charge in [-0.3, -0.25) is 4.79 Å². The Morgan fingerprint density at radius 2 is 1.72 bits per heavy atom. The summed E-state index contributed by atoms with van der Waals surface area (Å²) in [6.45, 7) is -0.143. The van der Waals surface area contributed by atoms with E-state index in [1.165, 1.54) is 12.1 Å². The molecule has 5 aliphatic rings. The molecule has 0 aromatic heterocycles. The molecule has 0 amide bonds. The Labute approximate surface area is 204 Å². The monoisotopic (exact) mass is 492 g/mol. The van der Waals surface area contributed by atoms with Crippen molar-refractivity contribution >= 4 is 17.7 Å². The van der Waals surface area contributed by atoms with E-state index in [1.54, 1.807) is 24.3 Å². The SMILES string of the molecule is O=C1CCC2=C1[C@@H](O)OC1=C2[C@@]2(Cc3ccc(cc3)Oc3cc(cc(O)c3O)CCOC2=O)OC1=O. The molecular weight excluding hydrogens is 472 g/mol. The Bertz CT molecular complexity index is 1400. The van der Waals surface area contributed by atoms with Gasteiger partial charge in [0.15, 0.2) is 17.3 Å². The molecule has 2 atom stereocenters. The molecule has 0 radical (unpaired) electrons. The molecule has 0 saturated carbocycles. The predicted molar refractivity (Wildman–Crippen MR) is 119 cm³/mol. The quantitative estimate of drug-likeness (QED) is 0.369. The molecule has 0 unspecified atom stereocenters. The molecule has 4 aliphatic heterocycles. The number of aromatic hydroxyl groups is 2. The number of carbonyl (C=O) groups excluding carboxylic acids is 3. The maximum absolute atomic E-state index is 13.6. The summed E-state index contributed by atoms with van der Waals surface area (Å²) in [6, 6.07) is 9.34. The third-order valence-corrected chi connectivity index (χ3v) is 6.76. The van der Waals surface area contributed by atoms with E-state index in [0.29, 0.717) is 22.4 Å². The number of phenols is 2. The summed E-state index contributed by atoms with van der Waals surface area (Å²) >= 11 is 0. The first-order valence-electron chi connectivity index (χ1n) is 11.3. The van der Waals surface area contributed by atoms with Crippen LogP contribution in [0.1, 0.15) is 24.0 Å². The minimum Gasteiger partial charge on any atom is -0.504 e. The lowest BCUT2D eigenvalue weighted by Crippen LogP contribution is -2.46. The normalized spacial score (nSPS) is 25.1. The molecule has 1 spiro atoms. The van der Waals surface area contributed by atoms with Gasteiger partial charge in [-0.1, -0.05) is 12.1 Å². The Morgan fingerprint density at radius 1 is 0.944 bits per heavy atom. The van der Waals surface area contributed by atoms with E-state index in [4.69, 9.17) is 18.9 Å². The van der Waals surface area contributed by atoms with Crippen LogP contribution in [0.4, 0.5) is 0 Å². The van der Waals surface area contributed by atoms with Crippen molar-refractivity contribution in [1.82, 2.24) is 0 Å². The van der Waals surface area contributed by atoms with Crippen LogP contribution < -0.4 is 4.74 Å². The number of esters is 2. The highest BCUT2D eigenvalue weighted by molar-refractivity contribution is 6.06. The van der Waals surface area contributed by atoms with Gasteiger partial charge in [0.25, 0.3) is 0 Å². The molecular formula is C26H20O10. The summed E-state index contributed by atoms with van der Waals surface area (Å²) in [5, 5.41) is 30.6. The number of fused-ring (bicyclic) bond motifs is 6. The van der Waals surface area contributed by atoms with Gasteiger partial charge in [0, 0.05) is 19.3 Å². The minimum atomic E-state index is -1.92. The highest BCUT2D eigenvalue weighted by Gasteiger charge is 2.60. The number of carbonyl (C=O) groups is 3. The average Bonchev–Trinajstić information content (AvgIpc) is 3.36. The zero-order valence-corrected chi connectivity index (χ0v) is 18.8. The van der Waals surface area contributed by atoms with Crippen molar-refractivity contribution in [3.8, 4) is 23.0 Å². The number of benzene rings is 2. The van der Waals surface area contributed by atoms with Gasteiger partial charge < -0.3 is 34.3 Å². The lowest BCUT2D eigenvalue weighted by molar-refractivity contribution is -0.173. The van der Waals surface area contributed by atoms with Gasteiger partial charge in [-0.2, -0.15) is 0 Å². The molecule has 1 aliphatic carbocycles. The molecule has 0 saturated heterocycles. The second-order valence-electron chi connectivity index (χ2n) is 8.98. The lowest BCUT2D eigenvalue weighted by atomic mass is 9.81. The largest absolute Gasteiger partial charge is 0.504 e. The van der Waals surface area contributed by atoms with E-state index < -0.39 is 35.3 Å². The van der Waals surface area contributed by atoms with Crippen molar-refractivity contribution < 1.29 is 48.7 Å². The molecule has 3 N–H and O–H groups in total. The molecule has 4 bridgehead atoms. The van der Waals surface area contributed by atoms with Crippen LogP contribution in [0.2, 0.25) is 0 Å². The topological polar surface area (TPSA) is 149 Å². The van der Waals surface area contributed by atoms with Crippen LogP contribution in [0.25, 0.3) is 0 Å². The fourth-order valence-corrected chi connectivity index (χ4v) is 5.10. The Hall–Kier alpha value is -4.31. The predicted octanol–water partition coefficient (Wildman–Crippen LogP) is 2.09. The standard InChI is InChI=1S/C26H20O10/c27-16-6-5-15-19(16)23(30)35-22-20(15)26(36-24(22)31)11-12-1-3-14(4-2-12)34-18-10-13(7-8-33-25(26)32)9-17(28)21(18)29/h1-4,9-10,23,28-30H,5-8,11H2/t23-,26+/m0/s1. The molecule has 2 aromatic carbocycles. The maximum Gasteiger partial charge on any atom is 0.375 e. The lowest BCUT2D eigenvalue weighted by Gasteiger charge is -2.31. The summed E-state index contributed by atoms with van der Waals surface area (Å²) < 4.78 is 22.4. The molecule has 0 fully saturated rings. The Kier molecular flexibility index (Phi) is 4.84. The number of hydrogen-bond acceptors (Lipinski definition) is 10. The van der Waals surface area contributed by atoms with Gasteiger partial charge in [0.2, 0.25) is 23.4 Å². The fourth-order valence-electron chi connectivity index (χ4n) is 5.10. The number of ketones is 1. The summed E-state index contributed by atoms with van der Waals surface area (Å²) in [6.07, 6.45) is -1.23. The number of rotatable bonds is 0. The second-order valence-corrected chi connectivity index (χ2v) is 8.98. The van der Waals surface area contributed by atoms with Crippen LogP contribution in [0.15, 0.2) is 58.9 Å². The van der Waals surface area contributed by atoms with Gasteiger partial charge >= 0.3 is 11.9 Å². The van der Waals surface area contributed by atoms with Crippen LogP contribution in [0.5, 0.6) is 23.0 Å². The fraction of sp³-hybridized carbons (Fsp3) is 0.269. The van der Waals surface area contributed by atoms with Crippen LogP contribution in [0, 0.1) is 0 Å². The van der Waals surface area contributed by atoms with Crippen molar-refractivity contribution in [2.24, 2.45) is 0 Å². The van der Waals surface area contributed by atoms with Crippen molar-refractivity contribution in [2.45, 2.75) is 37.6 Å². The van der Waals surface area contributed by atoms with Gasteiger partial charge in [0.1, 0.15) is 5.75 Å². The summed E-state index contributed by atoms with van der Waals surface area (Å²) in [4.78, 5) is 38.9. The average molecular weight is 492 g/mol. The summed E-state index contributed by atoms with van der Waals surface area (Å²) in [5.41, 5.74) is -0.321. The van der Waals surface area contributed by atoms with Gasteiger partial charge in [-0.15, -0.1) is 0 Å². The van der Waals surface area contributed by atoms with E-state index in [1.807, 2.05) is 0 Å². The number of ether oxygens (including phenoxy) is 4. The number of hydrogen-bond donors (Lipinski definition) is 3. The third-order valence-electron chi connectivity index (χ3n) is 6.76. The molecule has 2 aromatic rings. The van der Waals surface area contributed by atoms with Crippen molar-refractivity contribution in [2.75, 3.05) is 6.61 Å². The number of Topliss-reactive ketones (excluding diaryl/α,β-unsaturated/α-hetero) is 1. The number of aliphatic hydroxyl groups is 1. The zero-order chi connectivity index (χ0) is 25.2. The molecule has 184 valence electrons. The van der Waals surface area contributed by atoms with Gasteiger partial charge in [-0.25, -0.2) is 9.59 Å². The highest BCUT2D eigenvalue weighted by Crippen LogP contribution is 2.49. The van der Waals surface area contributed by atoms with E-state index in [2.05, 4.69) is 0 Å². The first kappa shape index (κ1) is 22.2. The Morgan fingerprint density at radius 3 is 2.50 bits per heavy atom. The third kappa shape index (κ3) is 3.25. The number of aliphatic hydroxyl groups excluding tert-OH is 1. The molecule has 10 nitrogen and oxygen atoms in total. The first-order valence-corrected chi connectivity index (χ1v) is 11.3. The van der Waals surface area contributed by atoms with Crippen molar-refractivity contribution in [1.29, 1.82) is 0 Å². The van der Waals surface area contributed by atoms with E-state index in [-0.39, 0.29) is 60.7 Å². The first-order chi connectivity index (χ1) is 17.3. The van der Waals surface area contributed by atoms with Crippen LogP contribution in [-0.2, 0) is 41.4 Å². The summed E-state index contributed by atoms with van der Waals surface area (Å²) in [7, 11) is 0. The summed E-state index contributed by atoms with van der Waals surface area (Å²) in [5.74, 6) is -2.82. The van der Waals surface area contributed by atoms with Crippen molar-refractivity contribution in [3.05, 3.63) is 70.0 Å². The van der Waals surface area contributed by atoms with E-state index in [9.17, 15) is 29.7 Å². The molecule has 7 rings (SSSR count). The van der Waals surface area contributed by atoms with Gasteiger partial charge in [-0.05, 0) is 47.4 Å². The molecule has 10 heteroatoms. The number of phenolic OH excluding ortho intramolecular Hbond substituents is 2. The van der Waals surface area contributed by atoms with Crippen molar-refractivity contribution in [3.63, 3.8) is 0 Å².